The number of carbonyl (C=O) groups is 2. The van der Waals surface area contributed by atoms with Crippen LogP contribution in [0.4, 0.5) is 17.2 Å². The van der Waals surface area contributed by atoms with Crippen LogP contribution in [0.25, 0.3) is 10.2 Å². The number of hydrogen-bond acceptors (Lipinski definition) is 8. The molecule has 1 aliphatic rings. The fraction of sp³-hybridized carbons (Fsp3) is 0.400. The highest BCUT2D eigenvalue weighted by molar-refractivity contribution is 7.21. The van der Waals surface area contributed by atoms with Crippen LogP contribution in [0.2, 0.25) is 0 Å². The second-order valence-corrected chi connectivity index (χ2v) is 9.76. The van der Waals surface area contributed by atoms with Gasteiger partial charge in [-0.3, -0.25) is 4.79 Å². The molecular formula is C25H31N5O4S. The molecular weight excluding hydrogens is 466 g/mol. The number of anilines is 3. The molecule has 1 aliphatic heterocycles. The average molecular weight is 498 g/mol. The van der Waals surface area contributed by atoms with Crippen LogP contribution in [0.5, 0.6) is 0 Å². The Morgan fingerprint density at radius 1 is 1.26 bits per heavy atom. The van der Waals surface area contributed by atoms with Crippen LogP contribution in [-0.2, 0) is 11.2 Å². The Hall–Kier alpha value is -3.21. The van der Waals surface area contributed by atoms with Crippen molar-refractivity contribution in [3.63, 3.8) is 0 Å². The van der Waals surface area contributed by atoms with E-state index >= 15 is 0 Å². The number of nitrogen functional groups attached to an aromatic ring is 1. The number of rotatable bonds is 9. The number of pyridine rings is 1. The number of nitrogens with two attached hydrogens (primary N) is 1. The van der Waals surface area contributed by atoms with Gasteiger partial charge in [0.05, 0.1) is 5.69 Å². The Kier molecular flexibility index (Phi) is 7.84. The van der Waals surface area contributed by atoms with Gasteiger partial charge in [-0.15, -0.1) is 11.3 Å². The van der Waals surface area contributed by atoms with Gasteiger partial charge >= 0.3 is 5.97 Å². The number of thiophene rings is 1. The SMILES string of the molecule is CCCc1cc(N2CCC(NCC(O)C(=O)Nc3ccccc3)CC2)nc2sc(C(=O)O)c(N)c12. The molecule has 0 saturated carbocycles. The molecule has 6 N–H and O–H groups in total. The van der Waals surface area contributed by atoms with Crippen molar-refractivity contribution in [3.05, 3.63) is 46.8 Å². The van der Waals surface area contributed by atoms with Crippen molar-refractivity contribution >= 4 is 50.6 Å². The summed E-state index contributed by atoms with van der Waals surface area (Å²) in [5, 5.41) is 26.5. The minimum absolute atomic E-state index is 0.139. The average Bonchev–Trinajstić information content (AvgIpc) is 3.20. The number of amides is 1. The van der Waals surface area contributed by atoms with Crippen molar-refractivity contribution in [2.45, 2.75) is 44.8 Å². The lowest BCUT2D eigenvalue weighted by Gasteiger charge is -2.34. The number of hydrogen-bond donors (Lipinski definition) is 5. The number of nitrogens with one attached hydrogen (secondary N) is 2. The summed E-state index contributed by atoms with van der Waals surface area (Å²) in [7, 11) is 0. The van der Waals surface area contributed by atoms with Gasteiger partial charge in [-0.1, -0.05) is 31.5 Å². The Morgan fingerprint density at radius 2 is 1.97 bits per heavy atom. The number of para-hydroxylation sites is 1. The number of carboxylic acid groups (broad SMARTS) is 1. The molecule has 1 amide bonds. The molecule has 4 rings (SSSR count). The molecule has 10 heteroatoms. The Labute approximate surface area is 208 Å². The summed E-state index contributed by atoms with van der Waals surface area (Å²) in [4.78, 5) is 31.5. The van der Waals surface area contributed by atoms with Gasteiger partial charge in [0.25, 0.3) is 5.91 Å². The quantitative estimate of drug-likeness (QED) is 0.304. The van der Waals surface area contributed by atoms with Crippen molar-refractivity contribution in [2.75, 3.05) is 35.6 Å². The number of aromatic nitrogens is 1. The van der Waals surface area contributed by atoms with Crippen LogP contribution in [0, 0.1) is 0 Å². The van der Waals surface area contributed by atoms with E-state index in [0.717, 1.165) is 66.9 Å². The molecule has 1 atom stereocenters. The molecule has 1 saturated heterocycles. The summed E-state index contributed by atoms with van der Waals surface area (Å²) in [6.07, 6.45) is 2.25. The molecule has 1 fully saturated rings. The molecule has 186 valence electrons. The van der Waals surface area contributed by atoms with Crippen LogP contribution in [-0.4, -0.2) is 58.9 Å². The van der Waals surface area contributed by atoms with Crippen LogP contribution < -0.4 is 21.3 Å². The maximum atomic E-state index is 12.2. The Bertz CT molecular complexity index is 1190. The van der Waals surface area contributed by atoms with Crippen molar-refractivity contribution in [2.24, 2.45) is 0 Å². The number of nitrogens with zero attached hydrogens (tertiary/aromatic N) is 2. The van der Waals surface area contributed by atoms with Gasteiger partial charge < -0.3 is 31.5 Å². The van der Waals surface area contributed by atoms with E-state index < -0.39 is 18.0 Å². The normalized spacial score (nSPS) is 15.3. The van der Waals surface area contributed by atoms with Gasteiger partial charge in [0.1, 0.15) is 21.6 Å². The van der Waals surface area contributed by atoms with Gasteiger partial charge in [0.15, 0.2) is 0 Å². The van der Waals surface area contributed by atoms with Crippen LogP contribution in [0.3, 0.4) is 0 Å². The number of benzene rings is 1. The zero-order valence-corrected chi connectivity index (χ0v) is 20.5. The first-order valence-corrected chi connectivity index (χ1v) is 12.7. The predicted molar refractivity (Wildman–Crippen MR) is 139 cm³/mol. The molecule has 0 aliphatic carbocycles. The van der Waals surface area contributed by atoms with E-state index in [0.29, 0.717) is 16.2 Å². The smallest absolute Gasteiger partial charge is 0.348 e. The minimum Gasteiger partial charge on any atom is -0.477 e. The van der Waals surface area contributed by atoms with Gasteiger partial charge in [-0.25, -0.2) is 9.78 Å². The molecule has 3 aromatic rings. The Morgan fingerprint density at radius 3 is 2.63 bits per heavy atom. The van der Waals surface area contributed by atoms with Gasteiger partial charge in [-0.05, 0) is 43.0 Å². The van der Waals surface area contributed by atoms with Crippen LogP contribution >= 0.6 is 11.3 Å². The third kappa shape index (κ3) is 5.72. The van der Waals surface area contributed by atoms with E-state index in [1.807, 2.05) is 24.3 Å². The van der Waals surface area contributed by atoms with E-state index in [4.69, 9.17) is 10.7 Å². The molecule has 0 spiro atoms. The lowest BCUT2D eigenvalue weighted by Crippen LogP contribution is -2.46. The predicted octanol–water partition coefficient (Wildman–Crippen LogP) is 3.09. The summed E-state index contributed by atoms with van der Waals surface area (Å²) in [6, 6.07) is 11.3. The lowest BCUT2D eigenvalue weighted by atomic mass is 10.0. The van der Waals surface area contributed by atoms with E-state index in [-0.39, 0.29) is 17.5 Å². The van der Waals surface area contributed by atoms with E-state index in [2.05, 4.69) is 22.5 Å². The molecule has 0 bridgehead atoms. The molecule has 3 heterocycles. The topological polar surface area (TPSA) is 141 Å². The summed E-state index contributed by atoms with van der Waals surface area (Å²) >= 11 is 1.12. The van der Waals surface area contributed by atoms with Crippen LogP contribution in [0.1, 0.15) is 41.4 Å². The second-order valence-electron chi connectivity index (χ2n) is 8.76. The first-order valence-electron chi connectivity index (χ1n) is 11.8. The third-order valence-corrected chi connectivity index (χ3v) is 7.33. The zero-order valence-electron chi connectivity index (χ0n) is 19.7. The third-order valence-electron chi connectivity index (χ3n) is 6.24. The highest BCUT2D eigenvalue weighted by atomic mass is 32.1. The molecule has 35 heavy (non-hydrogen) atoms. The second kappa shape index (κ2) is 11.0. The molecule has 0 radical (unpaired) electrons. The fourth-order valence-electron chi connectivity index (χ4n) is 4.40. The van der Waals surface area contributed by atoms with Gasteiger partial charge in [0.2, 0.25) is 0 Å². The van der Waals surface area contributed by atoms with Crippen molar-refractivity contribution < 1.29 is 19.8 Å². The van der Waals surface area contributed by atoms with Crippen molar-refractivity contribution in [3.8, 4) is 0 Å². The number of carboxylic acids is 1. The first kappa shape index (κ1) is 24.9. The largest absolute Gasteiger partial charge is 0.477 e. The summed E-state index contributed by atoms with van der Waals surface area (Å²) in [5.41, 5.74) is 8.14. The standard InChI is InChI=1S/C25H31N5O4S/c1-2-6-15-13-19(29-24-20(15)21(26)22(35-24)25(33)34)30-11-9-16(10-12-30)27-14-18(31)23(32)28-17-7-4-3-5-8-17/h3-5,7-8,13,16,18,27,31H,2,6,9-12,14,26H2,1H3,(H,28,32)(H,33,34). The summed E-state index contributed by atoms with van der Waals surface area (Å²) in [6.45, 7) is 3.79. The lowest BCUT2D eigenvalue weighted by molar-refractivity contribution is -0.123. The molecule has 9 nitrogen and oxygen atoms in total. The zero-order chi connectivity index (χ0) is 24.9. The number of aryl methyl sites for hydroxylation is 1. The van der Waals surface area contributed by atoms with Gasteiger partial charge in [0, 0.05) is 36.7 Å². The van der Waals surface area contributed by atoms with E-state index in [1.165, 1.54) is 0 Å². The fourth-order valence-corrected chi connectivity index (χ4v) is 5.38. The van der Waals surface area contributed by atoms with Gasteiger partial charge in [-0.2, -0.15) is 0 Å². The van der Waals surface area contributed by atoms with E-state index in [1.54, 1.807) is 12.1 Å². The molecule has 2 aromatic heterocycles. The molecule has 1 unspecified atom stereocenters. The van der Waals surface area contributed by atoms with E-state index in [9.17, 15) is 19.8 Å². The first-order chi connectivity index (χ1) is 16.9. The number of aromatic carboxylic acids is 1. The highest BCUT2D eigenvalue weighted by Crippen LogP contribution is 2.37. The number of aliphatic hydroxyl groups excluding tert-OH is 1. The molecule has 1 aromatic carbocycles. The Balaban J connectivity index is 1.36. The summed E-state index contributed by atoms with van der Waals surface area (Å²) in [5.74, 6) is -0.626. The summed E-state index contributed by atoms with van der Waals surface area (Å²) < 4.78 is 0. The maximum absolute atomic E-state index is 12.2. The number of piperidine rings is 1. The highest BCUT2D eigenvalue weighted by Gasteiger charge is 2.25. The van der Waals surface area contributed by atoms with Crippen LogP contribution in [0.15, 0.2) is 36.4 Å². The number of fused-ring (bicyclic) bond motifs is 1. The van der Waals surface area contributed by atoms with Crippen molar-refractivity contribution in [1.82, 2.24) is 10.3 Å². The minimum atomic E-state index is -1.14. The monoisotopic (exact) mass is 497 g/mol. The number of carbonyl (C=O) groups excluding carboxylic acids is 1. The maximum Gasteiger partial charge on any atom is 0.348 e. The van der Waals surface area contributed by atoms with Crippen molar-refractivity contribution in [1.29, 1.82) is 0 Å². The number of aliphatic hydroxyl groups is 1.